The quantitative estimate of drug-likeness (QED) is 0.319. The number of carbonyl (C=O) groups is 2. The second kappa shape index (κ2) is 9.73. The van der Waals surface area contributed by atoms with Crippen molar-refractivity contribution in [1.29, 1.82) is 0 Å². The highest BCUT2D eigenvalue weighted by Crippen LogP contribution is 2.39. The summed E-state index contributed by atoms with van der Waals surface area (Å²) in [6.45, 7) is 4.91. The van der Waals surface area contributed by atoms with E-state index in [1.165, 1.54) is 0 Å². The Hall–Kier alpha value is -3.87. The van der Waals surface area contributed by atoms with Crippen LogP contribution in [0.2, 0.25) is 0 Å². The average molecular weight is 446 g/mol. The Balaban J connectivity index is 1.67. The standard InChI is InChI=1S/C26H27N3O4/c1-18(2)33-21-11-9-20(10-12-21)24(30)22-23(19-7-4-3-5-8-19)29(26(32)25(22)31)15-6-14-28-16-13-27-17-28/h3-5,7-13,16-18,23,30H,6,14-15H2,1-2H3. The molecule has 3 aromatic rings. The van der Waals surface area contributed by atoms with Crippen LogP contribution in [0.25, 0.3) is 5.76 Å². The number of Topliss-reactive ketones (excluding diaryl/α,β-unsaturated/α-hetero) is 1. The molecule has 1 N–H and O–H groups in total. The summed E-state index contributed by atoms with van der Waals surface area (Å²) in [6, 6.07) is 15.6. The maximum Gasteiger partial charge on any atom is 0.295 e. The molecule has 0 bridgehead atoms. The number of aliphatic hydroxyl groups excluding tert-OH is 1. The van der Waals surface area contributed by atoms with Crippen LogP contribution in [0, 0.1) is 0 Å². The molecular weight excluding hydrogens is 418 g/mol. The van der Waals surface area contributed by atoms with Crippen LogP contribution >= 0.6 is 0 Å². The Labute approximate surface area is 192 Å². The van der Waals surface area contributed by atoms with E-state index >= 15 is 0 Å². The summed E-state index contributed by atoms with van der Waals surface area (Å²) in [6.07, 6.45) is 5.95. The van der Waals surface area contributed by atoms with E-state index in [0.717, 1.165) is 5.56 Å². The predicted molar refractivity (Wildman–Crippen MR) is 125 cm³/mol. The van der Waals surface area contributed by atoms with Crippen molar-refractivity contribution in [3.05, 3.63) is 90.0 Å². The number of rotatable bonds is 8. The van der Waals surface area contributed by atoms with Gasteiger partial charge in [-0.15, -0.1) is 0 Å². The maximum atomic E-state index is 13.1. The van der Waals surface area contributed by atoms with Gasteiger partial charge in [0.05, 0.1) is 24.0 Å². The van der Waals surface area contributed by atoms with Crippen molar-refractivity contribution in [3.63, 3.8) is 0 Å². The number of aliphatic hydroxyl groups is 1. The van der Waals surface area contributed by atoms with Crippen molar-refractivity contribution >= 4 is 17.4 Å². The molecule has 0 radical (unpaired) electrons. The van der Waals surface area contributed by atoms with Crippen molar-refractivity contribution < 1.29 is 19.4 Å². The number of nitrogens with zero attached hydrogens (tertiary/aromatic N) is 3. The van der Waals surface area contributed by atoms with Crippen molar-refractivity contribution in [2.24, 2.45) is 0 Å². The van der Waals surface area contributed by atoms with E-state index in [0.29, 0.717) is 30.8 Å². The number of ketones is 1. The molecule has 1 fully saturated rings. The monoisotopic (exact) mass is 445 g/mol. The van der Waals surface area contributed by atoms with Crippen LogP contribution in [-0.4, -0.2) is 43.9 Å². The van der Waals surface area contributed by atoms with Crippen LogP contribution < -0.4 is 4.74 Å². The first kappa shape index (κ1) is 22.3. The minimum absolute atomic E-state index is 0.0233. The van der Waals surface area contributed by atoms with Gasteiger partial charge in [0, 0.05) is 31.0 Å². The third-order valence-electron chi connectivity index (χ3n) is 5.53. The number of hydrogen-bond donors (Lipinski definition) is 1. The maximum absolute atomic E-state index is 13.1. The molecular formula is C26H27N3O4. The number of likely N-dealkylation sites (tertiary alicyclic amines) is 1. The van der Waals surface area contributed by atoms with Gasteiger partial charge in [-0.1, -0.05) is 30.3 Å². The second-order valence-electron chi connectivity index (χ2n) is 8.25. The van der Waals surface area contributed by atoms with Gasteiger partial charge in [0.25, 0.3) is 11.7 Å². The minimum Gasteiger partial charge on any atom is -0.507 e. The largest absolute Gasteiger partial charge is 0.507 e. The highest BCUT2D eigenvalue weighted by atomic mass is 16.5. The number of imidazole rings is 1. The van der Waals surface area contributed by atoms with E-state index < -0.39 is 17.7 Å². The molecule has 1 saturated heterocycles. The molecule has 1 aliphatic heterocycles. The lowest BCUT2D eigenvalue weighted by Gasteiger charge is -2.25. The summed E-state index contributed by atoms with van der Waals surface area (Å²) in [5.74, 6) is -0.793. The summed E-state index contributed by atoms with van der Waals surface area (Å²) in [5, 5.41) is 11.1. The normalized spacial score (nSPS) is 17.7. The molecule has 0 spiro atoms. The Morgan fingerprint density at radius 1 is 1.06 bits per heavy atom. The molecule has 170 valence electrons. The average Bonchev–Trinajstić information content (AvgIpc) is 3.41. The molecule has 1 amide bonds. The van der Waals surface area contributed by atoms with Crippen LogP contribution in [0.15, 0.2) is 78.9 Å². The van der Waals surface area contributed by atoms with Crippen LogP contribution in [0.5, 0.6) is 5.75 Å². The van der Waals surface area contributed by atoms with Gasteiger partial charge < -0.3 is 19.3 Å². The number of hydrogen-bond acceptors (Lipinski definition) is 5. The van der Waals surface area contributed by atoms with E-state index in [-0.39, 0.29) is 17.4 Å². The number of aryl methyl sites for hydroxylation is 1. The molecule has 7 nitrogen and oxygen atoms in total. The SMILES string of the molecule is CC(C)Oc1ccc(C(O)=C2C(=O)C(=O)N(CCCn3ccnc3)C2c2ccccc2)cc1. The molecule has 0 aliphatic carbocycles. The summed E-state index contributed by atoms with van der Waals surface area (Å²) >= 11 is 0. The minimum atomic E-state index is -0.675. The Morgan fingerprint density at radius 3 is 2.42 bits per heavy atom. The lowest BCUT2D eigenvalue weighted by Crippen LogP contribution is -2.31. The molecule has 1 aromatic heterocycles. The van der Waals surface area contributed by atoms with E-state index in [1.54, 1.807) is 41.7 Å². The Bertz CT molecular complexity index is 1140. The molecule has 1 unspecified atom stereocenters. The molecule has 7 heteroatoms. The Kier molecular flexibility index (Phi) is 6.58. The molecule has 1 atom stereocenters. The highest BCUT2D eigenvalue weighted by molar-refractivity contribution is 6.46. The van der Waals surface area contributed by atoms with Crippen LogP contribution in [0.1, 0.15) is 37.4 Å². The van der Waals surface area contributed by atoms with Crippen LogP contribution in [0.3, 0.4) is 0 Å². The fourth-order valence-electron chi connectivity index (χ4n) is 4.05. The molecule has 33 heavy (non-hydrogen) atoms. The van der Waals surface area contributed by atoms with Crippen molar-refractivity contribution in [3.8, 4) is 5.75 Å². The lowest BCUT2D eigenvalue weighted by molar-refractivity contribution is -0.139. The summed E-state index contributed by atoms with van der Waals surface area (Å²) < 4.78 is 7.59. The topological polar surface area (TPSA) is 84.7 Å². The van der Waals surface area contributed by atoms with E-state index in [2.05, 4.69) is 4.98 Å². The van der Waals surface area contributed by atoms with Gasteiger partial charge in [0.15, 0.2) is 0 Å². The van der Waals surface area contributed by atoms with Gasteiger partial charge in [-0.3, -0.25) is 9.59 Å². The summed E-state index contributed by atoms with van der Waals surface area (Å²) in [5.41, 5.74) is 1.34. The van der Waals surface area contributed by atoms with Crippen molar-refractivity contribution in [1.82, 2.24) is 14.5 Å². The lowest BCUT2D eigenvalue weighted by atomic mass is 9.95. The van der Waals surface area contributed by atoms with E-state index in [1.807, 2.05) is 54.9 Å². The first-order chi connectivity index (χ1) is 16.0. The molecule has 2 heterocycles. The van der Waals surface area contributed by atoms with Crippen molar-refractivity contribution in [2.75, 3.05) is 6.54 Å². The fourth-order valence-corrected chi connectivity index (χ4v) is 4.05. The predicted octanol–water partition coefficient (Wildman–Crippen LogP) is 4.18. The van der Waals surface area contributed by atoms with E-state index in [9.17, 15) is 14.7 Å². The van der Waals surface area contributed by atoms with Crippen LogP contribution in [-0.2, 0) is 16.1 Å². The number of aromatic nitrogens is 2. The first-order valence-corrected chi connectivity index (χ1v) is 11.0. The second-order valence-corrected chi connectivity index (χ2v) is 8.25. The number of benzene rings is 2. The van der Waals surface area contributed by atoms with Crippen LogP contribution in [0.4, 0.5) is 0 Å². The van der Waals surface area contributed by atoms with Crippen molar-refractivity contribution in [2.45, 2.75) is 39.0 Å². The first-order valence-electron chi connectivity index (χ1n) is 11.0. The van der Waals surface area contributed by atoms with Gasteiger partial charge in [0.1, 0.15) is 11.5 Å². The molecule has 1 aliphatic rings. The highest BCUT2D eigenvalue weighted by Gasteiger charge is 2.45. The Morgan fingerprint density at radius 2 is 1.79 bits per heavy atom. The zero-order valence-electron chi connectivity index (χ0n) is 18.7. The van der Waals surface area contributed by atoms with Gasteiger partial charge in [-0.2, -0.15) is 0 Å². The fraction of sp³-hybridized carbons (Fsp3) is 0.269. The molecule has 0 saturated carbocycles. The van der Waals surface area contributed by atoms with Gasteiger partial charge in [-0.05, 0) is 50.1 Å². The summed E-state index contributed by atoms with van der Waals surface area (Å²) in [4.78, 5) is 31.6. The smallest absolute Gasteiger partial charge is 0.295 e. The van der Waals surface area contributed by atoms with Gasteiger partial charge in [-0.25, -0.2) is 4.98 Å². The third-order valence-corrected chi connectivity index (χ3v) is 5.53. The number of amides is 1. The summed E-state index contributed by atoms with van der Waals surface area (Å²) in [7, 11) is 0. The van der Waals surface area contributed by atoms with Gasteiger partial charge >= 0.3 is 0 Å². The zero-order chi connectivity index (χ0) is 23.4. The molecule has 4 rings (SSSR count). The number of ether oxygens (including phenoxy) is 1. The van der Waals surface area contributed by atoms with E-state index in [4.69, 9.17) is 4.74 Å². The zero-order valence-corrected chi connectivity index (χ0v) is 18.7. The molecule has 2 aromatic carbocycles. The van der Waals surface area contributed by atoms with Gasteiger partial charge in [0.2, 0.25) is 0 Å². The number of carbonyl (C=O) groups excluding carboxylic acids is 2. The third kappa shape index (κ3) is 4.82.